The lowest BCUT2D eigenvalue weighted by atomic mass is 10.8. The van der Waals surface area contributed by atoms with E-state index in [0.717, 1.165) is 13.3 Å². The molecule has 0 saturated carbocycles. The average molecular weight is 158 g/mol. The van der Waals surface area contributed by atoms with Crippen molar-refractivity contribution >= 4 is 0 Å². The minimum atomic E-state index is 0.809. The van der Waals surface area contributed by atoms with E-state index >= 15 is 0 Å². The van der Waals surface area contributed by atoms with Gasteiger partial charge in [0.1, 0.15) is 0 Å². The van der Waals surface area contributed by atoms with Crippen LogP contribution in [0.3, 0.4) is 0 Å². The first-order chi connectivity index (χ1) is 5.22. The second-order valence-corrected chi connectivity index (χ2v) is 2.35. The van der Waals surface area contributed by atoms with Crippen molar-refractivity contribution in [3.63, 3.8) is 0 Å². The summed E-state index contributed by atoms with van der Waals surface area (Å²) in [6.45, 7) is 5.27. The smallest absolute Gasteiger partial charge is 0.0677 e. The standard InChI is InChI=1S/C7H18N4/c1-5-10(3)11(4)7-9-6-8-2/h5,8-9H,1,6-7H2,2-4H3. The summed E-state index contributed by atoms with van der Waals surface area (Å²) < 4.78 is 0. The van der Waals surface area contributed by atoms with E-state index in [0.29, 0.717) is 0 Å². The van der Waals surface area contributed by atoms with Gasteiger partial charge in [0.25, 0.3) is 0 Å². The molecule has 4 nitrogen and oxygen atoms in total. The molecule has 0 radical (unpaired) electrons. The minimum absolute atomic E-state index is 0.809. The van der Waals surface area contributed by atoms with Crippen LogP contribution in [-0.2, 0) is 0 Å². The van der Waals surface area contributed by atoms with Crippen LogP contribution < -0.4 is 10.6 Å². The van der Waals surface area contributed by atoms with Gasteiger partial charge in [-0.15, -0.1) is 0 Å². The normalized spacial score (nSPS) is 10.2. The van der Waals surface area contributed by atoms with Gasteiger partial charge in [-0.05, 0) is 7.05 Å². The van der Waals surface area contributed by atoms with Crippen LogP contribution in [0, 0.1) is 0 Å². The highest BCUT2D eigenvalue weighted by Crippen LogP contribution is 1.86. The lowest BCUT2D eigenvalue weighted by molar-refractivity contribution is 0.0702. The van der Waals surface area contributed by atoms with E-state index in [1.54, 1.807) is 6.20 Å². The van der Waals surface area contributed by atoms with E-state index < -0.39 is 0 Å². The van der Waals surface area contributed by atoms with Crippen LogP contribution >= 0.6 is 0 Å². The molecule has 0 aliphatic rings. The minimum Gasteiger partial charge on any atom is -0.316 e. The Balaban J connectivity index is 3.35. The topological polar surface area (TPSA) is 30.5 Å². The van der Waals surface area contributed by atoms with Gasteiger partial charge in [-0.25, -0.2) is 5.01 Å². The molecule has 0 spiro atoms. The molecule has 0 saturated heterocycles. The second kappa shape index (κ2) is 6.15. The summed E-state index contributed by atoms with van der Waals surface area (Å²) in [6, 6.07) is 0. The zero-order valence-electron chi connectivity index (χ0n) is 7.59. The zero-order chi connectivity index (χ0) is 8.69. The lowest BCUT2D eigenvalue weighted by Gasteiger charge is -2.26. The molecule has 0 heterocycles. The van der Waals surface area contributed by atoms with Gasteiger partial charge < -0.3 is 10.3 Å². The first-order valence-corrected chi connectivity index (χ1v) is 3.64. The van der Waals surface area contributed by atoms with E-state index in [4.69, 9.17) is 0 Å². The largest absolute Gasteiger partial charge is 0.316 e. The van der Waals surface area contributed by atoms with Crippen molar-refractivity contribution in [1.82, 2.24) is 20.7 Å². The van der Waals surface area contributed by atoms with E-state index in [1.165, 1.54) is 0 Å². The molecular weight excluding hydrogens is 140 g/mol. The number of hydrogen-bond acceptors (Lipinski definition) is 4. The third-order valence-corrected chi connectivity index (χ3v) is 1.45. The predicted octanol–water partition coefficient (Wildman–Crippen LogP) is -0.367. The lowest BCUT2D eigenvalue weighted by Crippen LogP contribution is -2.41. The Labute approximate surface area is 68.8 Å². The van der Waals surface area contributed by atoms with Gasteiger partial charge in [0.15, 0.2) is 0 Å². The Hall–Kier alpha value is -0.580. The van der Waals surface area contributed by atoms with Crippen LogP contribution in [0.25, 0.3) is 0 Å². The molecule has 0 amide bonds. The third-order valence-electron chi connectivity index (χ3n) is 1.45. The first kappa shape index (κ1) is 10.4. The Morgan fingerprint density at radius 2 is 2.09 bits per heavy atom. The average Bonchev–Trinajstić information content (AvgIpc) is 2.03. The van der Waals surface area contributed by atoms with E-state index in [9.17, 15) is 0 Å². The molecule has 0 aliphatic carbocycles. The summed E-state index contributed by atoms with van der Waals surface area (Å²) in [5.74, 6) is 0. The van der Waals surface area contributed by atoms with Crippen molar-refractivity contribution in [2.45, 2.75) is 0 Å². The highest BCUT2D eigenvalue weighted by Gasteiger charge is 1.97. The molecule has 0 unspecified atom stereocenters. The van der Waals surface area contributed by atoms with Crippen molar-refractivity contribution < 1.29 is 0 Å². The summed E-state index contributed by atoms with van der Waals surface area (Å²) >= 11 is 0. The zero-order valence-corrected chi connectivity index (χ0v) is 7.59. The van der Waals surface area contributed by atoms with Gasteiger partial charge in [0.05, 0.1) is 6.67 Å². The quantitative estimate of drug-likeness (QED) is 0.314. The third kappa shape index (κ3) is 4.78. The number of hydrazine groups is 1. The molecule has 0 aromatic rings. The molecular formula is C7H18N4. The van der Waals surface area contributed by atoms with Gasteiger partial charge in [-0.2, -0.15) is 0 Å². The Morgan fingerprint density at radius 1 is 1.45 bits per heavy atom. The number of hydrogen-bond donors (Lipinski definition) is 2. The van der Waals surface area contributed by atoms with Crippen LogP contribution in [0.5, 0.6) is 0 Å². The van der Waals surface area contributed by atoms with Crippen LogP contribution in [0.2, 0.25) is 0 Å². The summed E-state index contributed by atoms with van der Waals surface area (Å²) in [4.78, 5) is 0. The van der Waals surface area contributed by atoms with Gasteiger partial charge >= 0.3 is 0 Å². The Kier molecular flexibility index (Phi) is 5.83. The van der Waals surface area contributed by atoms with E-state index in [2.05, 4.69) is 17.2 Å². The van der Waals surface area contributed by atoms with E-state index in [1.807, 2.05) is 31.2 Å². The molecule has 0 atom stereocenters. The second-order valence-electron chi connectivity index (χ2n) is 2.35. The summed E-state index contributed by atoms with van der Waals surface area (Å²) in [7, 11) is 5.85. The maximum absolute atomic E-state index is 3.65. The van der Waals surface area contributed by atoms with Crippen molar-refractivity contribution in [1.29, 1.82) is 0 Å². The highest BCUT2D eigenvalue weighted by molar-refractivity contribution is 4.62. The molecule has 0 fully saturated rings. The van der Waals surface area contributed by atoms with Crippen LogP contribution in [0.15, 0.2) is 12.8 Å². The van der Waals surface area contributed by atoms with Crippen LogP contribution in [0.4, 0.5) is 0 Å². The number of nitrogens with zero attached hydrogens (tertiary/aromatic N) is 2. The Bertz CT molecular complexity index is 105. The van der Waals surface area contributed by atoms with Crippen molar-refractivity contribution in [3.8, 4) is 0 Å². The summed E-state index contributed by atoms with van der Waals surface area (Å²) in [5, 5.41) is 10.1. The van der Waals surface area contributed by atoms with Crippen molar-refractivity contribution in [2.24, 2.45) is 0 Å². The van der Waals surface area contributed by atoms with Gasteiger partial charge in [-0.3, -0.25) is 5.32 Å². The molecule has 11 heavy (non-hydrogen) atoms. The highest BCUT2D eigenvalue weighted by atomic mass is 15.6. The fraction of sp³-hybridized carbons (Fsp3) is 0.714. The van der Waals surface area contributed by atoms with Gasteiger partial charge in [0.2, 0.25) is 0 Å². The fourth-order valence-corrected chi connectivity index (χ4v) is 0.594. The van der Waals surface area contributed by atoms with Gasteiger partial charge in [0, 0.05) is 27.0 Å². The molecule has 4 heteroatoms. The molecule has 0 aliphatic heterocycles. The maximum Gasteiger partial charge on any atom is 0.0677 e. The molecule has 0 bridgehead atoms. The number of nitrogens with one attached hydrogen (secondary N) is 2. The van der Waals surface area contributed by atoms with Crippen molar-refractivity contribution in [2.75, 3.05) is 34.5 Å². The Morgan fingerprint density at radius 3 is 2.55 bits per heavy atom. The number of rotatable bonds is 6. The summed E-state index contributed by atoms with van der Waals surface area (Å²) in [5.41, 5.74) is 0. The molecule has 0 aromatic heterocycles. The predicted molar refractivity (Wildman–Crippen MR) is 47.7 cm³/mol. The first-order valence-electron chi connectivity index (χ1n) is 3.64. The monoisotopic (exact) mass is 158 g/mol. The van der Waals surface area contributed by atoms with E-state index in [-0.39, 0.29) is 0 Å². The molecule has 2 N–H and O–H groups in total. The molecule has 66 valence electrons. The molecule has 0 aromatic carbocycles. The summed E-state index contributed by atoms with van der Waals surface area (Å²) in [6.07, 6.45) is 1.76. The SMILES string of the molecule is C=CN(C)N(C)CNCNC. The fourth-order valence-electron chi connectivity index (χ4n) is 0.594. The van der Waals surface area contributed by atoms with Crippen molar-refractivity contribution in [3.05, 3.63) is 12.8 Å². The van der Waals surface area contributed by atoms with Gasteiger partial charge in [-0.1, -0.05) is 6.58 Å². The van der Waals surface area contributed by atoms with Crippen LogP contribution in [-0.4, -0.2) is 44.5 Å². The van der Waals surface area contributed by atoms with Crippen LogP contribution in [0.1, 0.15) is 0 Å². The molecule has 0 rings (SSSR count). The maximum atomic E-state index is 3.65.